The number of epoxide rings is 1. The van der Waals surface area contributed by atoms with E-state index in [1.54, 1.807) is 6.07 Å². The first-order chi connectivity index (χ1) is 11.7. The van der Waals surface area contributed by atoms with Gasteiger partial charge in [-0.1, -0.05) is 0 Å². The van der Waals surface area contributed by atoms with Crippen molar-refractivity contribution in [1.29, 1.82) is 0 Å². The van der Waals surface area contributed by atoms with E-state index in [-0.39, 0.29) is 12.3 Å². The van der Waals surface area contributed by atoms with Crippen molar-refractivity contribution in [3.05, 3.63) is 29.1 Å². The summed E-state index contributed by atoms with van der Waals surface area (Å²) < 4.78 is 12.0. The largest absolute Gasteiger partial charge is 0.477 e. The fraction of sp³-hybridized carbons (Fsp3) is 0.471. The fourth-order valence-electron chi connectivity index (χ4n) is 3.03. The summed E-state index contributed by atoms with van der Waals surface area (Å²) in [5, 5.41) is 13.4. The third-order valence-corrected chi connectivity index (χ3v) is 5.56. The number of carbonyl (C=O) groups is 1. The van der Waals surface area contributed by atoms with E-state index >= 15 is 0 Å². The zero-order chi connectivity index (χ0) is 16.5. The van der Waals surface area contributed by atoms with Gasteiger partial charge in [0.15, 0.2) is 6.23 Å². The number of morpholine rings is 1. The van der Waals surface area contributed by atoms with Crippen molar-refractivity contribution >= 4 is 33.1 Å². The molecular weight excluding hydrogens is 328 g/mol. The van der Waals surface area contributed by atoms with Crippen LogP contribution >= 0.6 is 11.3 Å². The van der Waals surface area contributed by atoms with Crippen LogP contribution in [-0.4, -0.2) is 61.2 Å². The van der Waals surface area contributed by atoms with E-state index in [1.807, 2.05) is 18.2 Å². The summed E-state index contributed by atoms with van der Waals surface area (Å²) in [6.07, 6.45) is 1.32. The second-order valence-corrected chi connectivity index (χ2v) is 7.23. The number of hydrogen-bond acceptors (Lipinski definition) is 6. The molecule has 0 amide bonds. The molecule has 2 fully saturated rings. The molecule has 1 aromatic carbocycles. The second kappa shape index (κ2) is 6.68. The van der Waals surface area contributed by atoms with Crippen LogP contribution < -0.4 is 5.32 Å². The standard InChI is InChI=1S/C17H20N2O4S/c20-17(21)15-10-11-9-12(1-2-14(11)24-15)18-16-13(23-16)3-4-19-5-7-22-8-6-19/h1-2,9-10,13,16,18H,3-8H2,(H,20,21). The normalized spacial score (nSPS) is 24.2. The molecule has 0 radical (unpaired) electrons. The summed E-state index contributed by atoms with van der Waals surface area (Å²) in [6, 6.07) is 7.64. The van der Waals surface area contributed by atoms with Gasteiger partial charge in [0.2, 0.25) is 0 Å². The molecule has 2 unspecified atom stereocenters. The van der Waals surface area contributed by atoms with E-state index in [0.29, 0.717) is 4.88 Å². The SMILES string of the molecule is O=C(O)c1cc2cc(NC3OC3CCN3CCOCC3)ccc2s1. The number of hydrogen-bond donors (Lipinski definition) is 2. The smallest absolute Gasteiger partial charge is 0.345 e. The molecule has 6 nitrogen and oxygen atoms in total. The molecule has 2 N–H and O–H groups in total. The van der Waals surface area contributed by atoms with Gasteiger partial charge in [-0.15, -0.1) is 11.3 Å². The molecule has 0 bridgehead atoms. The van der Waals surface area contributed by atoms with Gasteiger partial charge < -0.3 is 19.9 Å². The van der Waals surface area contributed by atoms with Crippen LogP contribution in [0.3, 0.4) is 0 Å². The summed E-state index contributed by atoms with van der Waals surface area (Å²) in [7, 11) is 0. The monoisotopic (exact) mass is 348 g/mol. The summed E-state index contributed by atoms with van der Waals surface area (Å²) in [6.45, 7) is 4.70. The van der Waals surface area contributed by atoms with Crippen LogP contribution in [0.25, 0.3) is 10.1 Å². The first-order valence-electron chi connectivity index (χ1n) is 8.18. The number of fused-ring (bicyclic) bond motifs is 1. The molecule has 7 heteroatoms. The molecule has 1 aromatic heterocycles. The zero-order valence-electron chi connectivity index (χ0n) is 13.2. The molecular formula is C17H20N2O4S. The molecule has 24 heavy (non-hydrogen) atoms. The van der Waals surface area contributed by atoms with Gasteiger partial charge in [-0.2, -0.15) is 0 Å². The molecule has 2 aliphatic rings. The van der Waals surface area contributed by atoms with Crippen molar-refractivity contribution < 1.29 is 19.4 Å². The van der Waals surface area contributed by atoms with Gasteiger partial charge in [0.1, 0.15) is 11.0 Å². The molecule has 2 atom stereocenters. The third-order valence-electron chi connectivity index (χ3n) is 4.45. The number of rotatable bonds is 6. The Bertz CT molecular complexity index is 741. The highest BCUT2D eigenvalue weighted by Crippen LogP contribution is 2.31. The number of benzene rings is 1. The van der Waals surface area contributed by atoms with E-state index in [2.05, 4.69) is 10.2 Å². The van der Waals surface area contributed by atoms with Crippen LogP contribution in [0.4, 0.5) is 5.69 Å². The van der Waals surface area contributed by atoms with Gasteiger partial charge in [-0.05, 0) is 36.1 Å². The number of carboxylic acid groups (broad SMARTS) is 1. The van der Waals surface area contributed by atoms with E-state index in [4.69, 9.17) is 14.6 Å². The minimum Gasteiger partial charge on any atom is -0.477 e. The fourth-order valence-corrected chi connectivity index (χ4v) is 3.91. The van der Waals surface area contributed by atoms with E-state index in [9.17, 15) is 4.79 Å². The van der Waals surface area contributed by atoms with Crippen molar-refractivity contribution in [1.82, 2.24) is 4.90 Å². The summed E-state index contributed by atoms with van der Waals surface area (Å²) in [5.41, 5.74) is 0.969. The Morgan fingerprint density at radius 3 is 2.96 bits per heavy atom. The van der Waals surface area contributed by atoms with E-state index in [0.717, 1.165) is 55.0 Å². The quantitative estimate of drug-likeness (QED) is 0.781. The Hall–Kier alpha value is -1.67. The number of nitrogens with one attached hydrogen (secondary N) is 1. The van der Waals surface area contributed by atoms with Gasteiger partial charge in [0.05, 0.1) is 13.2 Å². The molecule has 3 heterocycles. The van der Waals surface area contributed by atoms with Gasteiger partial charge in [-0.3, -0.25) is 4.90 Å². The number of aromatic carboxylic acids is 1. The Labute approximate surface area is 144 Å². The lowest BCUT2D eigenvalue weighted by molar-refractivity contribution is 0.0365. The van der Waals surface area contributed by atoms with Gasteiger partial charge in [-0.25, -0.2) is 4.79 Å². The predicted molar refractivity (Wildman–Crippen MR) is 92.9 cm³/mol. The molecule has 0 aliphatic carbocycles. The number of ether oxygens (including phenoxy) is 2. The van der Waals surface area contributed by atoms with Crippen molar-refractivity contribution in [3.8, 4) is 0 Å². The third kappa shape index (κ3) is 3.54. The summed E-state index contributed by atoms with van der Waals surface area (Å²) in [5.74, 6) is -0.876. The van der Waals surface area contributed by atoms with Gasteiger partial charge in [0, 0.05) is 30.0 Å². The maximum atomic E-state index is 11.1. The average Bonchev–Trinajstić information content (AvgIpc) is 3.17. The lowest BCUT2D eigenvalue weighted by atomic mass is 10.2. The van der Waals surface area contributed by atoms with Crippen molar-refractivity contribution in [2.45, 2.75) is 18.8 Å². The van der Waals surface area contributed by atoms with Gasteiger partial charge >= 0.3 is 5.97 Å². The Kier molecular flexibility index (Phi) is 4.41. The molecule has 2 aliphatic heterocycles. The number of thiophene rings is 1. The highest BCUT2D eigenvalue weighted by molar-refractivity contribution is 7.20. The predicted octanol–water partition coefficient (Wildman–Crippen LogP) is 2.46. The first kappa shape index (κ1) is 15.8. The van der Waals surface area contributed by atoms with Crippen molar-refractivity contribution in [2.75, 3.05) is 38.2 Å². The molecule has 128 valence electrons. The van der Waals surface area contributed by atoms with Crippen molar-refractivity contribution in [3.63, 3.8) is 0 Å². The summed E-state index contributed by atoms with van der Waals surface area (Å²) in [4.78, 5) is 13.8. The Balaban J connectivity index is 1.31. The number of anilines is 1. The van der Waals surface area contributed by atoms with E-state index < -0.39 is 5.97 Å². The van der Waals surface area contributed by atoms with Crippen LogP contribution in [0.15, 0.2) is 24.3 Å². The van der Waals surface area contributed by atoms with Crippen molar-refractivity contribution in [2.24, 2.45) is 0 Å². The Morgan fingerprint density at radius 2 is 2.17 bits per heavy atom. The highest BCUT2D eigenvalue weighted by Gasteiger charge is 2.38. The van der Waals surface area contributed by atoms with Gasteiger partial charge in [0.25, 0.3) is 0 Å². The molecule has 2 saturated heterocycles. The lowest BCUT2D eigenvalue weighted by Crippen LogP contribution is -2.37. The zero-order valence-corrected chi connectivity index (χ0v) is 14.1. The van der Waals surface area contributed by atoms with Crippen LogP contribution in [0.5, 0.6) is 0 Å². The van der Waals surface area contributed by atoms with E-state index in [1.165, 1.54) is 11.3 Å². The molecule has 0 spiro atoms. The minimum absolute atomic E-state index is 0.0565. The second-order valence-electron chi connectivity index (χ2n) is 6.15. The highest BCUT2D eigenvalue weighted by atomic mass is 32.1. The molecule has 2 aromatic rings. The topological polar surface area (TPSA) is 74.3 Å². The number of nitrogens with zero attached hydrogens (tertiary/aromatic N) is 1. The average molecular weight is 348 g/mol. The number of carboxylic acids is 1. The molecule has 4 rings (SSSR count). The van der Waals surface area contributed by atoms with Crippen LogP contribution in [0.1, 0.15) is 16.1 Å². The Morgan fingerprint density at radius 1 is 1.33 bits per heavy atom. The maximum absolute atomic E-state index is 11.1. The van der Waals surface area contributed by atoms with Crippen LogP contribution in [0.2, 0.25) is 0 Å². The molecule has 0 saturated carbocycles. The van der Waals surface area contributed by atoms with Crippen LogP contribution in [-0.2, 0) is 9.47 Å². The summed E-state index contributed by atoms with van der Waals surface area (Å²) >= 11 is 1.30. The first-order valence-corrected chi connectivity index (χ1v) is 9.00. The minimum atomic E-state index is -0.876. The lowest BCUT2D eigenvalue weighted by Gasteiger charge is -2.26. The van der Waals surface area contributed by atoms with Crippen LogP contribution in [0, 0.1) is 0 Å². The maximum Gasteiger partial charge on any atom is 0.345 e.